The van der Waals surface area contributed by atoms with Crippen LogP contribution in [0.3, 0.4) is 0 Å². The van der Waals surface area contributed by atoms with Gasteiger partial charge in [-0.1, -0.05) is 6.92 Å². The fourth-order valence-electron chi connectivity index (χ4n) is 1.60. The molecule has 1 rings (SSSR count). The molecule has 1 aromatic carbocycles. The summed E-state index contributed by atoms with van der Waals surface area (Å²) in [4.78, 5) is 11.4. The van der Waals surface area contributed by atoms with Gasteiger partial charge in [-0.3, -0.25) is 4.79 Å². The standard InChI is InChI=1S/C13H17F2NO3/c1-3-16-12(13(17)18-2)4-5-19-11-7-9(14)6-10(15)8-11/h6-8,12,16H,3-5H2,1-2H3. The average molecular weight is 273 g/mol. The zero-order valence-electron chi connectivity index (χ0n) is 10.9. The third-order valence-corrected chi connectivity index (χ3v) is 2.45. The predicted octanol–water partition coefficient (Wildman–Crippen LogP) is 1.88. The van der Waals surface area contributed by atoms with E-state index in [0.29, 0.717) is 13.0 Å². The number of benzene rings is 1. The summed E-state index contributed by atoms with van der Waals surface area (Å²) in [6.45, 7) is 2.61. The highest BCUT2D eigenvalue weighted by Gasteiger charge is 2.17. The molecular weight excluding hydrogens is 256 g/mol. The summed E-state index contributed by atoms with van der Waals surface area (Å²) in [6.07, 6.45) is 0.346. The molecule has 0 bridgehead atoms. The Labute approximate surface area is 110 Å². The summed E-state index contributed by atoms with van der Waals surface area (Å²) in [6, 6.07) is 2.45. The van der Waals surface area contributed by atoms with E-state index in [4.69, 9.17) is 4.74 Å². The highest BCUT2D eigenvalue weighted by Crippen LogP contribution is 2.15. The third-order valence-electron chi connectivity index (χ3n) is 2.45. The molecule has 19 heavy (non-hydrogen) atoms. The van der Waals surface area contributed by atoms with Gasteiger partial charge in [-0.15, -0.1) is 0 Å². The van der Waals surface area contributed by atoms with E-state index >= 15 is 0 Å². The molecule has 0 heterocycles. The van der Waals surface area contributed by atoms with E-state index in [2.05, 4.69) is 10.1 Å². The number of rotatable bonds is 7. The SMILES string of the molecule is CCNC(CCOc1cc(F)cc(F)c1)C(=O)OC. The number of hydrogen-bond acceptors (Lipinski definition) is 4. The van der Waals surface area contributed by atoms with E-state index in [1.54, 1.807) is 0 Å². The van der Waals surface area contributed by atoms with Crippen LogP contribution in [0.2, 0.25) is 0 Å². The molecule has 0 aromatic heterocycles. The van der Waals surface area contributed by atoms with Crippen molar-refractivity contribution in [1.29, 1.82) is 0 Å². The molecule has 1 unspecified atom stereocenters. The molecule has 0 amide bonds. The number of nitrogens with one attached hydrogen (secondary N) is 1. The molecule has 1 N–H and O–H groups in total. The van der Waals surface area contributed by atoms with Crippen LogP contribution in [0, 0.1) is 11.6 Å². The second-order valence-electron chi connectivity index (χ2n) is 3.88. The van der Waals surface area contributed by atoms with Crippen molar-refractivity contribution in [2.75, 3.05) is 20.3 Å². The van der Waals surface area contributed by atoms with Gasteiger partial charge in [0.05, 0.1) is 13.7 Å². The van der Waals surface area contributed by atoms with Crippen molar-refractivity contribution in [2.24, 2.45) is 0 Å². The second kappa shape index (κ2) is 7.68. The minimum atomic E-state index is -0.703. The maximum Gasteiger partial charge on any atom is 0.322 e. The number of ether oxygens (including phenoxy) is 2. The summed E-state index contributed by atoms with van der Waals surface area (Å²) in [7, 11) is 1.30. The number of halogens is 2. The lowest BCUT2D eigenvalue weighted by Crippen LogP contribution is -2.38. The van der Waals surface area contributed by atoms with Crippen LogP contribution < -0.4 is 10.1 Å². The first-order valence-electron chi connectivity index (χ1n) is 5.97. The fraction of sp³-hybridized carbons (Fsp3) is 0.462. The maximum absolute atomic E-state index is 12.9. The molecule has 1 aromatic rings. The van der Waals surface area contributed by atoms with Crippen molar-refractivity contribution in [3.05, 3.63) is 29.8 Å². The molecule has 0 aliphatic rings. The van der Waals surface area contributed by atoms with Crippen molar-refractivity contribution < 1.29 is 23.0 Å². The van der Waals surface area contributed by atoms with Crippen LogP contribution in [-0.2, 0) is 9.53 Å². The van der Waals surface area contributed by atoms with Gasteiger partial charge in [-0.05, 0) is 6.54 Å². The summed E-state index contributed by atoms with van der Waals surface area (Å²) >= 11 is 0. The first-order chi connectivity index (χ1) is 9.06. The van der Waals surface area contributed by atoms with Crippen LogP contribution in [0.25, 0.3) is 0 Å². The van der Waals surface area contributed by atoms with Gasteiger partial charge in [-0.25, -0.2) is 8.78 Å². The van der Waals surface area contributed by atoms with Crippen LogP contribution in [0.4, 0.5) is 8.78 Å². The predicted molar refractivity (Wildman–Crippen MR) is 66.0 cm³/mol. The minimum absolute atomic E-state index is 0.0950. The van der Waals surface area contributed by atoms with E-state index in [1.165, 1.54) is 7.11 Å². The summed E-state index contributed by atoms with van der Waals surface area (Å²) in [5, 5.41) is 2.94. The van der Waals surface area contributed by atoms with Gasteiger partial charge in [0, 0.05) is 24.6 Å². The molecule has 0 aliphatic heterocycles. The van der Waals surface area contributed by atoms with Gasteiger partial charge in [0.15, 0.2) is 0 Å². The van der Waals surface area contributed by atoms with Crippen LogP contribution >= 0.6 is 0 Å². The van der Waals surface area contributed by atoms with Crippen molar-refractivity contribution >= 4 is 5.97 Å². The molecular formula is C13H17F2NO3. The number of hydrogen-bond donors (Lipinski definition) is 1. The quantitative estimate of drug-likeness (QED) is 0.771. The number of methoxy groups -OCH3 is 1. The Morgan fingerprint density at radius 2 is 1.95 bits per heavy atom. The van der Waals surface area contributed by atoms with Crippen molar-refractivity contribution in [3.63, 3.8) is 0 Å². The molecule has 4 nitrogen and oxygen atoms in total. The number of esters is 1. The Balaban J connectivity index is 2.49. The largest absolute Gasteiger partial charge is 0.493 e. The monoisotopic (exact) mass is 273 g/mol. The molecule has 0 spiro atoms. The van der Waals surface area contributed by atoms with Crippen LogP contribution in [0.15, 0.2) is 18.2 Å². The first kappa shape index (κ1) is 15.4. The van der Waals surface area contributed by atoms with E-state index < -0.39 is 23.6 Å². The highest BCUT2D eigenvalue weighted by molar-refractivity contribution is 5.75. The molecule has 1 atom stereocenters. The number of carbonyl (C=O) groups excluding carboxylic acids is 1. The minimum Gasteiger partial charge on any atom is -0.493 e. The van der Waals surface area contributed by atoms with Gasteiger partial charge in [0.2, 0.25) is 0 Å². The number of carbonyl (C=O) groups is 1. The van der Waals surface area contributed by atoms with Gasteiger partial charge >= 0.3 is 5.97 Å². The van der Waals surface area contributed by atoms with Gasteiger partial charge < -0.3 is 14.8 Å². The Bertz CT molecular complexity index is 406. The fourth-order valence-corrected chi connectivity index (χ4v) is 1.60. The van der Waals surface area contributed by atoms with Gasteiger partial charge in [-0.2, -0.15) is 0 Å². The summed E-state index contributed by atoms with van der Waals surface area (Å²) in [5.74, 6) is -1.70. The molecule has 0 radical (unpaired) electrons. The topological polar surface area (TPSA) is 47.6 Å². The van der Waals surface area contributed by atoms with Crippen molar-refractivity contribution in [3.8, 4) is 5.75 Å². The first-order valence-corrected chi connectivity index (χ1v) is 5.97. The Morgan fingerprint density at radius 1 is 1.32 bits per heavy atom. The van der Waals surface area contributed by atoms with Gasteiger partial charge in [0.1, 0.15) is 23.4 Å². The maximum atomic E-state index is 12.9. The molecule has 0 aliphatic carbocycles. The van der Waals surface area contributed by atoms with E-state index in [9.17, 15) is 13.6 Å². The van der Waals surface area contributed by atoms with E-state index in [1.807, 2.05) is 6.92 Å². The average Bonchev–Trinajstić information content (AvgIpc) is 2.35. The zero-order valence-corrected chi connectivity index (χ0v) is 10.9. The molecule has 6 heteroatoms. The third kappa shape index (κ3) is 5.21. The lowest BCUT2D eigenvalue weighted by atomic mass is 10.2. The second-order valence-corrected chi connectivity index (χ2v) is 3.88. The summed E-state index contributed by atoms with van der Waals surface area (Å²) < 4.78 is 35.7. The highest BCUT2D eigenvalue weighted by atomic mass is 19.1. The van der Waals surface area contributed by atoms with Crippen LogP contribution in [0.1, 0.15) is 13.3 Å². The van der Waals surface area contributed by atoms with Crippen molar-refractivity contribution in [1.82, 2.24) is 5.32 Å². The zero-order chi connectivity index (χ0) is 14.3. The van der Waals surface area contributed by atoms with Crippen molar-refractivity contribution in [2.45, 2.75) is 19.4 Å². The molecule has 106 valence electrons. The lowest BCUT2D eigenvalue weighted by molar-refractivity contribution is -0.143. The smallest absolute Gasteiger partial charge is 0.322 e. The Morgan fingerprint density at radius 3 is 2.47 bits per heavy atom. The van der Waals surface area contributed by atoms with Crippen LogP contribution in [-0.4, -0.2) is 32.3 Å². The summed E-state index contributed by atoms with van der Waals surface area (Å²) in [5.41, 5.74) is 0. The van der Waals surface area contributed by atoms with Gasteiger partial charge in [0.25, 0.3) is 0 Å². The Kier molecular flexibility index (Phi) is 6.21. The van der Waals surface area contributed by atoms with E-state index in [0.717, 1.165) is 18.2 Å². The molecule has 0 fully saturated rings. The van der Waals surface area contributed by atoms with E-state index in [-0.39, 0.29) is 12.4 Å². The lowest BCUT2D eigenvalue weighted by Gasteiger charge is -2.15. The normalized spacial score (nSPS) is 12.0. The number of likely N-dealkylation sites (N-methyl/N-ethyl adjacent to an activating group) is 1. The van der Waals surface area contributed by atoms with Crippen LogP contribution in [0.5, 0.6) is 5.75 Å². The Hall–Kier alpha value is -1.69. The molecule has 0 saturated heterocycles. The molecule has 0 saturated carbocycles.